The molecule has 0 unspecified atom stereocenters. The molecule has 1 atom stereocenters. The second kappa shape index (κ2) is 13.8. The number of aliphatic imine (C=N–C) groups is 1. The van der Waals surface area contributed by atoms with Gasteiger partial charge in [-0.25, -0.2) is 0 Å². The number of likely N-dealkylation sites (tertiary alicyclic amines) is 1. The first kappa shape index (κ1) is 26.6. The van der Waals surface area contributed by atoms with E-state index in [2.05, 4.69) is 40.8 Å². The van der Waals surface area contributed by atoms with Gasteiger partial charge in [0.2, 0.25) is 5.91 Å². The molecule has 31 heavy (non-hydrogen) atoms. The molecule has 0 aromatic heterocycles. The molecule has 0 aromatic carbocycles. The van der Waals surface area contributed by atoms with E-state index in [1.165, 1.54) is 25.9 Å². The van der Waals surface area contributed by atoms with Crippen LogP contribution >= 0.6 is 24.0 Å². The van der Waals surface area contributed by atoms with E-state index >= 15 is 0 Å². The van der Waals surface area contributed by atoms with Crippen LogP contribution < -0.4 is 5.32 Å². The second-order valence-electron chi connectivity index (χ2n) is 9.14. The van der Waals surface area contributed by atoms with Gasteiger partial charge < -0.3 is 19.9 Å². The first-order valence-electron chi connectivity index (χ1n) is 11.9. The predicted octanol–water partition coefficient (Wildman–Crippen LogP) is 1.17. The molecule has 8 nitrogen and oxygen atoms in total. The summed E-state index contributed by atoms with van der Waals surface area (Å²) in [4.78, 5) is 26.7. The molecule has 3 heterocycles. The van der Waals surface area contributed by atoms with Crippen LogP contribution in [-0.4, -0.2) is 123 Å². The number of morpholine rings is 1. The fraction of sp³-hybridized carbons (Fsp3) is 0.909. The number of halogens is 1. The Morgan fingerprint density at radius 1 is 1.06 bits per heavy atom. The molecule has 3 rings (SSSR count). The number of amides is 1. The number of nitrogens with one attached hydrogen (secondary N) is 1. The largest absolute Gasteiger partial charge is 0.378 e. The summed E-state index contributed by atoms with van der Waals surface area (Å²) in [6, 6.07) is 0.577. The van der Waals surface area contributed by atoms with Gasteiger partial charge in [-0.3, -0.25) is 19.6 Å². The normalized spacial score (nSPS) is 23.9. The van der Waals surface area contributed by atoms with Crippen molar-refractivity contribution in [1.29, 1.82) is 0 Å². The summed E-state index contributed by atoms with van der Waals surface area (Å²) in [7, 11) is 0. The molecular weight excluding hydrogens is 507 g/mol. The van der Waals surface area contributed by atoms with Gasteiger partial charge in [0.1, 0.15) is 0 Å². The van der Waals surface area contributed by atoms with Crippen LogP contribution in [0.2, 0.25) is 0 Å². The van der Waals surface area contributed by atoms with Crippen molar-refractivity contribution < 1.29 is 9.53 Å². The standard InChI is InChI=1S/C22H42N6O2.HI/c1-4-23-22(24-16-20-6-5-7-28(20)17-19(2)3)27-10-8-25(9-11-27)18-21(29)26-12-14-30-15-13-26;/h19-20H,4-18H2,1-3H3,(H,23,24);1H/t20-;/m1./s1. The van der Waals surface area contributed by atoms with Crippen molar-refractivity contribution in [1.82, 2.24) is 24.9 Å². The summed E-state index contributed by atoms with van der Waals surface area (Å²) in [5.74, 6) is 1.97. The monoisotopic (exact) mass is 550 g/mol. The highest BCUT2D eigenvalue weighted by Crippen LogP contribution is 2.19. The number of nitrogens with zero attached hydrogens (tertiary/aromatic N) is 5. The Hall–Kier alpha value is -0.650. The number of carbonyl (C=O) groups is 1. The molecule has 9 heteroatoms. The molecule has 3 aliphatic rings. The Morgan fingerprint density at radius 3 is 2.42 bits per heavy atom. The van der Waals surface area contributed by atoms with Crippen molar-refractivity contribution in [3.8, 4) is 0 Å². The lowest BCUT2D eigenvalue weighted by Crippen LogP contribution is -2.55. The Kier molecular flexibility index (Phi) is 11.8. The van der Waals surface area contributed by atoms with E-state index in [0.29, 0.717) is 31.7 Å². The average Bonchev–Trinajstić information content (AvgIpc) is 3.18. The maximum Gasteiger partial charge on any atom is 0.236 e. The molecule has 0 aliphatic carbocycles. The topological polar surface area (TPSA) is 63.7 Å². The van der Waals surface area contributed by atoms with Crippen LogP contribution in [0.1, 0.15) is 33.6 Å². The SMILES string of the molecule is CCNC(=NC[C@H]1CCCN1CC(C)C)N1CCN(CC(=O)N2CCOCC2)CC1.I. The highest BCUT2D eigenvalue weighted by atomic mass is 127. The second-order valence-corrected chi connectivity index (χ2v) is 9.14. The Labute approximate surface area is 205 Å². The molecule has 0 spiro atoms. The van der Waals surface area contributed by atoms with Gasteiger partial charge in [-0.1, -0.05) is 13.8 Å². The maximum atomic E-state index is 12.5. The number of ether oxygens (including phenoxy) is 1. The predicted molar refractivity (Wildman–Crippen MR) is 136 cm³/mol. The van der Waals surface area contributed by atoms with Gasteiger partial charge in [-0.15, -0.1) is 24.0 Å². The first-order valence-corrected chi connectivity index (χ1v) is 11.9. The van der Waals surface area contributed by atoms with Crippen LogP contribution in [0, 0.1) is 5.92 Å². The molecule has 0 aromatic rings. The van der Waals surface area contributed by atoms with Crippen LogP contribution in [0.5, 0.6) is 0 Å². The van der Waals surface area contributed by atoms with Gasteiger partial charge in [0.15, 0.2) is 5.96 Å². The smallest absolute Gasteiger partial charge is 0.236 e. The van der Waals surface area contributed by atoms with Crippen molar-refractivity contribution in [3.05, 3.63) is 0 Å². The molecule has 0 saturated carbocycles. The highest BCUT2D eigenvalue weighted by molar-refractivity contribution is 14.0. The third kappa shape index (κ3) is 8.33. The molecule has 1 N–H and O–H groups in total. The summed E-state index contributed by atoms with van der Waals surface area (Å²) in [6.07, 6.45) is 2.55. The minimum absolute atomic E-state index is 0. The van der Waals surface area contributed by atoms with Gasteiger partial charge >= 0.3 is 0 Å². The van der Waals surface area contributed by atoms with E-state index in [9.17, 15) is 4.79 Å². The summed E-state index contributed by atoms with van der Waals surface area (Å²) in [6.45, 7) is 17.8. The van der Waals surface area contributed by atoms with Crippen LogP contribution in [-0.2, 0) is 9.53 Å². The van der Waals surface area contributed by atoms with E-state index in [-0.39, 0.29) is 29.9 Å². The lowest BCUT2D eigenvalue weighted by atomic mass is 10.2. The van der Waals surface area contributed by atoms with Gasteiger partial charge in [0.25, 0.3) is 0 Å². The number of carbonyl (C=O) groups excluding carboxylic acids is 1. The third-order valence-corrected chi connectivity index (χ3v) is 6.28. The summed E-state index contributed by atoms with van der Waals surface area (Å²) >= 11 is 0. The highest BCUT2D eigenvalue weighted by Gasteiger charge is 2.27. The zero-order chi connectivity index (χ0) is 21.3. The van der Waals surface area contributed by atoms with Crippen molar-refractivity contribution >= 4 is 35.8 Å². The summed E-state index contributed by atoms with van der Waals surface area (Å²) in [5, 5.41) is 3.49. The van der Waals surface area contributed by atoms with Crippen molar-refractivity contribution in [2.24, 2.45) is 10.9 Å². The number of hydrogen-bond donors (Lipinski definition) is 1. The third-order valence-electron chi connectivity index (χ3n) is 6.28. The van der Waals surface area contributed by atoms with E-state index in [0.717, 1.165) is 58.3 Å². The van der Waals surface area contributed by atoms with Crippen LogP contribution in [0.4, 0.5) is 0 Å². The lowest BCUT2D eigenvalue weighted by molar-refractivity contribution is -0.136. The minimum atomic E-state index is 0. The zero-order valence-corrected chi connectivity index (χ0v) is 22.1. The number of hydrogen-bond acceptors (Lipinski definition) is 5. The van der Waals surface area contributed by atoms with E-state index < -0.39 is 0 Å². The van der Waals surface area contributed by atoms with Crippen LogP contribution in [0.15, 0.2) is 4.99 Å². The van der Waals surface area contributed by atoms with Crippen LogP contribution in [0.3, 0.4) is 0 Å². The first-order chi connectivity index (χ1) is 14.6. The Bertz CT molecular complexity index is 562. The number of guanidine groups is 1. The van der Waals surface area contributed by atoms with Gasteiger partial charge in [-0.2, -0.15) is 0 Å². The van der Waals surface area contributed by atoms with Gasteiger partial charge in [-0.05, 0) is 32.2 Å². The molecule has 3 fully saturated rings. The van der Waals surface area contributed by atoms with Gasteiger partial charge in [0.05, 0.1) is 26.3 Å². The van der Waals surface area contributed by atoms with Crippen molar-refractivity contribution in [3.63, 3.8) is 0 Å². The quantitative estimate of drug-likeness (QED) is 0.292. The Balaban J connectivity index is 0.00000341. The number of piperazine rings is 1. The zero-order valence-electron chi connectivity index (χ0n) is 19.7. The molecule has 3 saturated heterocycles. The van der Waals surface area contributed by atoms with E-state index in [1.807, 2.05) is 4.90 Å². The Morgan fingerprint density at radius 2 is 1.77 bits per heavy atom. The lowest BCUT2D eigenvalue weighted by Gasteiger charge is -2.37. The average molecular weight is 551 g/mol. The van der Waals surface area contributed by atoms with Gasteiger partial charge in [0, 0.05) is 58.4 Å². The number of rotatable bonds is 7. The fourth-order valence-electron chi connectivity index (χ4n) is 4.65. The van der Waals surface area contributed by atoms with Crippen molar-refractivity contribution in [2.75, 3.05) is 85.2 Å². The fourth-order valence-corrected chi connectivity index (χ4v) is 4.65. The molecule has 1 amide bonds. The molecule has 180 valence electrons. The van der Waals surface area contributed by atoms with E-state index in [1.54, 1.807) is 0 Å². The minimum Gasteiger partial charge on any atom is -0.378 e. The molecule has 0 radical (unpaired) electrons. The molecule has 3 aliphatic heterocycles. The maximum absolute atomic E-state index is 12.5. The molecular formula is C22H43IN6O2. The molecule has 0 bridgehead atoms. The van der Waals surface area contributed by atoms with Crippen molar-refractivity contribution in [2.45, 2.75) is 39.7 Å². The summed E-state index contributed by atoms with van der Waals surface area (Å²) in [5.41, 5.74) is 0. The van der Waals surface area contributed by atoms with E-state index in [4.69, 9.17) is 9.73 Å². The summed E-state index contributed by atoms with van der Waals surface area (Å²) < 4.78 is 5.35. The van der Waals surface area contributed by atoms with Crippen LogP contribution in [0.25, 0.3) is 0 Å².